The van der Waals surface area contributed by atoms with E-state index in [-0.39, 0.29) is 12.5 Å². The van der Waals surface area contributed by atoms with Crippen LogP contribution in [-0.2, 0) is 4.79 Å². The third kappa shape index (κ3) is 4.25. The molecule has 0 fully saturated rings. The maximum Gasteiger partial charge on any atom is 0.262 e. The van der Waals surface area contributed by atoms with Crippen molar-refractivity contribution in [2.24, 2.45) is 0 Å². The molecule has 2 aromatic rings. The van der Waals surface area contributed by atoms with Crippen LogP contribution in [0, 0.1) is 13.8 Å². The van der Waals surface area contributed by atoms with Gasteiger partial charge < -0.3 is 14.8 Å². The standard InChI is InChI=1S/C18H21NO3/c1-4-21-16-7-5-6-8-17(16)22-12-18(20)19-15-11-13(2)9-10-14(15)3/h5-11H,4,12H2,1-3H3,(H,19,20). The largest absolute Gasteiger partial charge is 0.490 e. The molecule has 0 atom stereocenters. The lowest BCUT2D eigenvalue weighted by atomic mass is 10.1. The van der Waals surface area contributed by atoms with E-state index in [9.17, 15) is 4.79 Å². The number of anilines is 1. The Morgan fingerprint density at radius 3 is 2.41 bits per heavy atom. The predicted molar refractivity (Wildman–Crippen MR) is 87.7 cm³/mol. The fourth-order valence-electron chi connectivity index (χ4n) is 2.04. The SMILES string of the molecule is CCOc1ccccc1OCC(=O)Nc1cc(C)ccc1C. The molecule has 4 heteroatoms. The van der Waals surface area contributed by atoms with Crippen LogP contribution in [0.4, 0.5) is 5.69 Å². The van der Waals surface area contributed by atoms with E-state index in [0.29, 0.717) is 18.1 Å². The monoisotopic (exact) mass is 299 g/mol. The number of hydrogen-bond donors (Lipinski definition) is 1. The number of amides is 1. The van der Waals surface area contributed by atoms with E-state index in [0.717, 1.165) is 16.8 Å². The van der Waals surface area contributed by atoms with E-state index in [1.807, 2.05) is 57.2 Å². The quantitative estimate of drug-likeness (QED) is 0.884. The van der Waals surface area contributed by atoms with Crippen LogP contribution in [0.1, 0.15) is 18.1 Å². The zero-order valence-electron chi connectivity index (χ0n) is 13.2. The molecule has 22 heavy (non-hydrogen) atoms. The molecule has 0 aliphatic heterocycles. The first-order chi connectivity index (χ1) is 10.6. The van der Waals surface area contributed by atoms with Gasteiger partial charge in [0.1, 0.15) is 0 Å². The molecular formula is C18H21NO3. The number of benzene rings is 2. The molecule has 2 rings (SSSR count). The summed E-state index contributed by atoms with van der Waals surface area (Å²) in [6, 6.07) is 13.3. The second kappa shape index (κ2) is 7.50. The Morgan fingerprint density at radius 2 is 1.73 bits per heavy atom. The van der Waals surface area contributed by atoms with Crippen molar-refractivity contribution in [3.05, 3.63) is 53.6 Å². The van der Waals surface area contributed by atoms with Crippen LogP contribution in [0.25, 0.3) is 0 Å². The van der Waals surface area contributed by atoms with Crippen molar-refractivity contribution in [2.45, 2.75) is 20.8 Å². The number of aryl methyl sites for hydroxylation is 2. The van der Waals surface area contributed by atoms with Crippen LogP contribution < -0.4 is 14.8 Å². The predicted octanol–water partition coefficient (Wildman–Crippen LogP) is 3.72. The van der Waals surface area contributed by atoms with Crippen molar-refractivity contribution in [2.75, 3.05) is 18.5 Å². The fraction of sp³-hybridized carbons (Fsp3) is 0.278. The van der Waals surface area contributed by atoms with E-state index in [4.69, 9.17) is 9.47 Å². The third-order valence-electron chi connectivity index (χ3n) is 3.17. The van der Waals surface area contributed by atoms with E-state index < -0.39 is 0 Å². The number of nitrogens with one attached hydrogen (secondary N) is 1. The van der Waals surface area contributed by atoms with Gasteiger partial charge in [-0.3, -0.25) is 4.79 Å². The molecule has 1 N–H and O–H groups in total. The molecular weight excluding hydrogens is 278 g/mol. The van der Waals surface area contributed by atoms with Gasteiger partial charge >= 0.3 is 0 Å². The summed E-state index contributed by atoms with van der Waals surface area (Å²) in [7, 11) is 0. The Morgan fingerprint density at radius 1 is 1.05 bits per heavy atom. The number of ether oxygens (including phenoxy) is 2. The number of carbonyl (C=O) groups is 1. The van der Waals surface area contributed by atoms with Crippen molar-refractivity contribution < 1.29 is 14.3 Å². The molecule has 0 aliphatic carbocycles. The number of para-hydroxylation sites is 2. The highest BCUT2D eigenvalue weighted by Crippen LogP contribution is 2.26. The zero-order valence-corrected chi connectivity index (χ0v) is 13.2. The van der Waals surface area contributed by atoms with Crippen LogP contribution in [0.15, 0.2) is 42.5 Å². The highest BCUT2D eigenvalue weighted by atomic mass is 16.5. The second-order valence-electron chi connectivity index (χ2n) is 5.03. The normalized spacial score (nSPS) is 10.1. The van der Waals surface area contributed by atoms with Gasteiger partial charge in [-0.05, 0) is 50.1 Å². The lowest BCUT2D eigenvalue weighted by Gasteiger charge is -2.12. The Labute approximate surface area is 131 Å². The summed E-state index contributed by atoms with van der Waals surface area (Å²) in [6.45, 7) is 6.35. The number of rotatable bonds is 6. The lowest BCUT2D eigenvalue weighted by molar-refractivity contribution is -0.118. The average molecular weight is 299 g/mol. The molecule has 0 saturated carbocycles. The first kappa shape index (κ1) is 15.9. The van der Waals surface area contributed by atoms with E-state index in [1.54, 1.807) is 6.07 Å². The smallest absolute Gasteiger partial charge is 0.262 e. The fourth-order valence-corrected chi connectivity index (χ4v) is 2.04. The van der Waals surface area contributed by atoms with Gasteiger partial charge in [0.15, 0.2) is 18.1 Å². The third-order valence-corrected chi connectivity index (χ3v) is 3.17. The molecule has 116 valence electrons. The van der Waals surface area contributed by atoms with E-state index in [2.05, 4.69) is 5.32 Å². The van der Waals surface area contributed by atoms with Gasteiger partial charge in [0.25, 0.3) is 5.91 Å². The van der Waals surface area contributed by atoms with Crippen LogP contribution in [0.2, 0.25) is 0 Å². The van der Waals surface area contributed by atoms with Crippen LogP contribution in [0.3, 0.4) is 0 Å². The molecule has 4 nitrogen and oxygen atoms in total. The van der Waals surface area contributed by atoms with Crippen LogP contribution in [0.5, 0.6) is 11.5 Å². The highest BCUT2D eigenvalue weighted by molar-refractivity contribution is 5.92. The maximum atomic E-state index is 12.0. The summed E-state index contributed by atoms with van der Waals surface area (Å²) >= 11 is 0. The minimum atomic E-state index is -0.194. The molecule has 0 bridgehead atoms. The van der Waals surface area contributed by atoms with Gasteiger partial charge in [-0.25, -0.2) is 0 Å². The number of hydrogen-bond acceptors (Lipinski definition) is 3. The van der Waals surface area contributed by atoms with Gasteiger partial charge in [0.2, 0.25) is 0 Å². The topological polar surface area (TPSA) is 47.6 Å². The molecule has 1 amide bonds. The van der Waals surface area contributed by atoms with E-state index >= 15 is 0 Å². The Hall–Kier alpha value is -2.49. The minimum Gasteiger partial charge on any atom is -0.490 e. The van der Waals surface area contributed by atoms with Gasteiger partial charge in [0, 0.05) is 5.69 Å². The minimum absolute atomic E-state index is 0.0581. The molecule has 0 aromatic heterocycles. The summed E-state index contributed by atoms with van der Waals surface area (Å²) in [6.07, 6.45) is 0. The molecule has 0 spiro atoms. The highest BCUT2D eigenvalue weighted by Gasteiger charge is 2.09. The second-order valence-corrected chi connectivity index (χ2v) is 5.03. The van der Waals surface area contributed by atoms with Gasteiger partial charge in [-0.1, -0.05) is 24.3 Å². The molecule has 0 heterocycles. The van der Waals surface area contributed by atoms with Gasteiger partial charge in [0.05, 0.1) is 6.61 Å². The summed E-state index contributed by atoms with van der Waals surface area (Å²) in [5, 5.41) is 2.87. The molecule has 0 radical (unpaired) electrons. The Bertz CT molecular complexity index is 653. The van der Waals surface area contributed by atoms with Crippen LogP contribution in [-0.4, -0.2) is 19.1 Å². The summed E-state index contributed by atoms with van der Waals surface area (Å²) in [4.78, 5) is 12.0. The van der Waals surface area contributed by atoms with Crippen molar-refractivity contribution in [3.8, 4) is 11.5 Å². The van der Waals surface area contributed by atoms with Crippen LogP contribution >= 0.6 is 0 Å². The average Bonchev–Trinajstić information content (AvgIpc) is 2.50. The van der Waals surface area contributed by atoms with Crippen molar-refractivity contribution in [3.63, 3.8) is 0 Å². The molecule has 2 aromatic carbocycles. The zero-order chi connectivity index (χ0) is 15.9. The lowest BCUT2D eigenvalue weighted by Crippen LogP contribution is -2.21. The summed E-state index contributed by atoms with van der Waals surface area (Å²) in [5.41, 5.74) is 2.93. The maximum absolute atomic E-state index is 12.0. The van der Waals surface area contributed by atoms with Gasteiger partial charge in [-0.15, -0.1) is 0 Å². The van der Waals surface area contributed by atoms with Crippen molar-refractivity contribution >= 4 is 11.6 Å². The first-order valence-electron chi connectivity index (χ1n) is 7.32. The van der Waals surface area contributed by atoms with Crippen molar-refractivity contribution in [1.82, 2.24) is 0 Å². The Balaban J connectivity index is 1.97. The summed E-state index contributed by atoms with van der Waals surface area (Å²) in [5.74, 6) is 1.02. The Kier molecular flexibility index (Phi) is 5.42. The molecule has 0 unspecified atom stereocenters. The molecule has 0 aliphatic rings. The van der Waals surface area contributed by atoms with Gasteiger partial charge in [-0.2, -0.15) is 0 Å². The number of carbonyl (C=O) groups excluding carboxylic acids is 1. The first-order valence-corrected chi connectivity index (χ1v) is 7.32. The van der Waals surface area contributed by atoms with E-state index in [1.165, 1.54) is 0 Å². The van der Waals surface area contributed by atoms with Crippen molar-refractivity contribution in [1.29, 1.82) is 0 Å². The molecule has 0 saturated heterocycles. The summed E-state index contributed by atoms with van der Waals surface area (Å²) < 4.78 is 11.0.